The van der Waals surface area contributed by atoms with Crippen molar-refractivity contribution in [2.75, 3.05) is 0 Å². The number of carboxylic acid groups (broad SMARTS) is 1. The van der Waals surface area contributed by atoms with Crippen LogP contribution in [0.3, 0.4) is 0 Å². The molecule has 1 aliphatic rings. The Kier molecular flexibility index (Phi) is 3.99. The summed E-state index contributed by atoms with van der Waals surface area (Å²) in [4.78, 5) is 11.9. The van der Waals surface area contributed by atoms with E-state index in [0.717, 1.165) is 24.0 Å². The Labute approximate surface area is 131 Å². The van der Waals surface area contributed by atoms with Crippen molar-refractivity contribution < 1.29 is 9.90 Å². The minimum Gasteiger partial charge on any atom is -0.480 e. The number of rotatable bonds is 3. The van der Waals surface area contributed by atoms with Crippen molar-refractivity contribution in [1.82, 2.24) is 5.32 Å². The predicted molar refractivity (Wildman–Crippen MR) is 86.8 cm³/mol. The van der Waals surface area contributed by atoms with Gasteiger partial charge in [0.1, 0.15) is 6.04 Å². The van der Waals surface area contributed by atoms with Crippen LogP contribution in [-0.4, -0.2) is 17.1 Å². The summed E-state index contributed by atoms with van der Waals surface area (Å²) in [6.07, 6.45) is 1.78. The number of carbonyl (C=O) groups is 1. The third-order valence-corrected chi connectivity index (χ3v) is 4.84. The van der Waals surface area contributed by atoms with Crippen LogP contribution in [0, 0.1) is 0 Å². The second-order valence-corrected chi connectivity index (χ2v) is 6.22. The maximum absolute atomic E-state index is 11.9. The molecule has 3 heteroatoms. The molecule has 0 radical (unpaired) electrons. The lowest BCUT2D eigenvalue weighted by molar-refractivity contribution is -0.142. The molecule has 114 valence electrons. The van der Waals surface area contributed by atoms with E-state index in [-0.39, 0.29) is 6.04 Å². The first-order chi connectivity index (χ1) is 10.6. The molecule has 0 saturated carbocycles. The fourth-order valence-corrected chi connectivity index (χ4v) is 3.48. The van der Waals surface area contributed by atoms with E-state index in [1.165, 1.54) is 0 Å². The first-order valence-electron chi connectivity index (χ1n) is 7.70. The zero-order chi connectivity index (χ0) is 15.6. The van der Waals surface area contributed by atoms with Gasteiger partial charge in [-0.1, -0.05) is 67.6 Å². The van der Waals surface area contributed by atoms with Crippen molar-refractivity contribution in [1.29, 1.82) is 0 Å². The molecule has 2 N–H and O–H groups in total. The Morgan fingerprint density at radius 1 is 1.09 bits per heavy atom. The van der Waals surface area contributed by atoms with Gasteiger partial charge in [-0.3, -0.25) is 10.1 Å². The summed E-state index contributed by atoms with van der Waals surface area (Å²) in [6, 6.07) is 19.6. The van der Waals surface area contributed by atoms with Gasteiger partial charge in [0, 0.05) is 11.5 Å². The van der Waals surface area contributed by atoms with Gasteiger partial charge in [0.05, 0.1) is 0 Å². The molecule has 2 aromatic rings. The summed E-state index contributed by atoms with van der Waals surface area (Å²) in [5.41, 5.74) is 1.85. The van der Waals surface area contributed by atoms with Crippen LogP contribution in [0.1, 0.15) is 36.9 Å². The average Bonchev–Trinajstić information content (AvgIpc) is 2.56. The molecule has 0 bridgehead atoms. The number of benzene rings is 2. The lowest BCUT2D eigenvalue weighted by Gasteiger charge is -2.43. The van der Waals surface area contributed by atoms with Crippen molar-refractivity contribution in [3.05, 3.63) is 71.8 Å². The summed E-state index contributed by atoms with van der Waals surface area (Å²) in [5.74, 6) is -0.785. The van der Waals surface area contributed by atoms with E-state index in [1.54, 1.807) is 0 Å². The maximum atomic E-state index is 11.9. The van der Waals surface area contributed by atoms with Crippen LogP contribution in [-0.2, 0) is 10.2 Å². The standard InChI is InChI=1S/C19H21NO2/c1-19(15-10-6-3-7-11-15)13-12-16(20-17(19)18(21)22)14-8-4-2-5-9-14/h2-11,16-17,20H,12-13H2,1H3,(H,21,22)/t16-,17+,19+/m0/s1. The Bertz CT molecular complexity index is 641. The lowest BCUT2D eigenvalue weighted by Crippen LogP contribution is -2.56. The molecule has 0 unspecified atom stereocenters. The van der Waals surface area contributed by atoms with Gasteiger partial charge in [-0.15, -0.1) is 0 Å². The topological polar surface area (TPSA) is 49.3 Å². The molecule has 1 aliphatic heterocycles. The quantitative estimate of drug-likeness (QED) is 0.911. The summed E-state index contributed by atoms with van der Waals surface area (Å²) < 4.78 is 0. The highest BCUT2D eigenvalue weighted by molar-refractivity contribution is 5.76. The van der Waals surface area contributed by atoms with Crippen LogP contribution in [0.2, 0.25) is 0 Å². The van der Waals surface area contributed by atoms with Gasteiger partial charge in [0.15, 0.2) is 0 Å². The maximum Gasteiger partial charge on any atom is 0.321 e. The zero-order valence-electron chi connectivity index (χ0n) is 12.7. The van der Waals surface area contributed by atoms with Crippen molar-refractivity contribution in [3.8, 4) is 0 Å². The van der Waals surface area contributed by atoms with Crippen molar-refractivity contribution in [2.24, 2.45) is 0 Å². The number of aliphatic carboxylic acids is 1. The fraction of sp³-hybridized carbons (Fsp3) is 0.316. The monoisotopic (exact) mass is 295 g/mol. The Hall–Kier alpha value is -2.13. The highest BCUT2D eigenvalue weighted by Gasteiger charge is 2.45. The number of hydrogen-bond acceptors (Lipinski definition) is 2. The van der Waals surface area contributed by atoms with Gasteiger partial charge in [-0.25, -0.2) is 0 Å². The third kappa shape index (κ3) is 2.64. The van der Waals surface area contributed by atoms with Gasteiger partial charge in [0.2, 0.25) is 0 Å². The van der Waals surface area contributed by atoms with E-state index in [0.29, 0.717) is 0 Å². The number of nitrogens with one attached hydrogen (secondary N) is 1. The Morgan fingerprint density at radius 3 is 2.27 bits per heavy atom. The van der Waals surface area contributed by atoms with E-state index in [2.05, 4.69) is 24.4 Å². The second-order valence-electron chi connectivity index (χ2n) is 6.22. The normalized spacial score (nSPS) is 28.2. The summed E-state index contributed by atoms with van der Waals surface area (Å²) in [5, 5.41) is 13.1. The molecule has 3 rings (SSSR count). The molecule has 2 aromatic carbocycles. The Balaban J connectivity index is 1.91. The number of piperidine rings is 1. The Morgan fingerprint density at radius 2 is 1.68 bits per heavy atom. The molecule has 22 heavy (non-hydrogen) atoms. The van der Waals surface area contributed by atoms with Crippen LogP contribution >= 0.6 is 0 Å². The zero-order valence-corrected chi connectivity index (χ0v) is 12.7. The van der Waals surface area contributed by atoms with Crippen molar-refractivity contribution >= 4 is 5.97 Å². The van der Waals surface area contributed by atoms with E-state index in [9.17, 15) is 9.90 Å². The van der Waals surface area contributed by atoms with Crippen LogP contribution in [0.4, 0.5) is 0 Å². The average molecular weight is 295 g/mol. The van der Waals surface area contributed by atoms with E-state index in [4.69, 9.17) is 0 Å². The molecular weight excluding hydrogens is 274 g/mol. The van der Waals surface area contributed by atoms with E-state index >= 15 is 0 Å². The molecule has 1 heterocycles. The molecule has 0 aliphatic carbocycles. The SMILES string of the molecule is C[C@]1(c2ccccc2)CC[C@@H](c2ccccc2)N[C@@H]1C(=O)O. The predicted octanol–water partition coefficient (Wildman–Crippen LogP) is 3.52. The lowest BCUT2D eigenvalue weighted by atomic mass is 9.68. The minimum absolute atomic E-state index is 0.0964. The highest BCUT2D eigenvalue weighted by Crippen LogP contribution is 2.40. The molecule has 1 fully saturated rings. The molecule has 0 amide bonds. The summed E-state index contributed by atoms with van der Waals surface area (Å²) in [7, 11) is 0. The molecule has 1 saturated heterocycles. The highest BCUT2D eigenvalue weighted by atomic mass is 16.4. The van der Waals surface area contributed by atoms with Crippen molar-refractivity contribution in [3.63, 3.8) is 0 Å². The van der Waals surface area contributed by atoms with Crippen LogP contribution in [0.5, 0.6) is 0 Å². The fourth-order valence-electron chi connectivity index (χ4n) is 3.48. The van der Waals surface area contributed by atoms with E-state index in [1.807, 2.05) is 48.5 Å². The second kappa shape index (κ2) is 5.93. The number of hydrogen-bond donors (Lipinski definition) is 2. The van der Waals surface area contributed by atoms with Gasteiger partial charge >= 0.3 is 5.97 Å². The minimum atomic E-state index is -0.785. The van der Waals surface area contributed by atoms with Gasteiger partial charge in [-0.05, 0) is 24.0 Å². The van der Waals surface area contributed by atoms with Crippen LogP contribution < -0.4 is 5.32 Å². The van der Waals surface area contributed by atoms with Crippen molar-refractivity contribution in [2.45, 2.75) is 37.3 Å². The molecule has 3 atom stereocenters. The molecular formula is C19H21NO2. The first kappa shape index (κ1) is 14.8. The van der Waals surface area contributed by atoms with Crippen LogP contribution in [0.15, 0.2) is 60.7 Å². The largest absolute Gasteiger partial charge is 0.480 e. The van der Waals surface area contributed by atoms with Gasteiger partial charge in [-0.2, -0.15) is 0 Å². The van der Waals surface area contributed by atoms with Gasteiger partial charge in [0.25, 0.3) is 0 Å². The molecule has 0 spiro atoms. The third-order valence-electron chi connectivity index (χ3n) is 4.84. The van der Waals surface area contributed by atoms with Crippen LogP contribution in [0.25, 0.3) is 0 Å². The first-order valence-corrected chi connectivity index (χ1v) is 7.70. The number of carboxylic acids is 1. The molecule has 3 nitrogen and oxygen atoms in total. The van der Waals surface area contributed by atoms with Gasteiger partial charge < -0.3 is 5.11 Å². The summed E-state index contributed by atoms with van der Waals surface area (Å²) in [6.45, 7) is 2.05. The van der Waals surface area contributed by atoms with E-state index < -0.39 is 17.4 Å². The smallest absolute Gasteiger partial charge is 0.321 e. The molecule has 0 aromatic heterocycles. The summed E-state index contributed by atoms with van der Waals surface area (Å²) >= 11 is 0.